The lowest BCUT2D eigenvalue weighted by Gasteiger charge is -2.25. The van der Waals surface area contributed by atoms with Crippen LogP contribution < -0.4 is 20.7 Å². The van der Waals surface area contributed by atoms with Gasteiger partial charge in [-0.05, 0) is 83.8 Å². The molecule has 0 bridgehead atoms. The Morgan fingerprint density at radius 2 is 0.914 bits per heavy atom. The molecule has 0 saturated heterocycles. The molecule has 58 heavy (non-hydrogen) atoms. The van der Waals surface area contributed by atoms with Crippen LogP contribution in [-0.4, -0.2) is 70.9 Å². The van der Waals surface area contributed by atoms with E-state index in [4.69, 9.17) is 9.47 Å². The van der Waals surface area contributed by atoms with Crippen molar-refractivity contribution >= 4 is 23.7 Å². The third-order valence-corrected chi connectivity index (χ3v) is 9.82. The van der Waals surface area contributed by atoms with E-state index >= 15 is 0 Å². The zero-order valence-corrected chi connectivity index (χ0v) is 33.5. The fourth-order valence-electron chi connectivity index (χ4n) is 6.45. The first-order valence-corrected chi connectivity index (χ1v) is 20.1. The fraction of sp³-hybridized carbons (Fsp3) is 0.391. The van der Waals surface area contributed by atoms with E-state index in [0.29, 0.717) is 34.6 Å². The highest BCUT2D eigenvalue weighted by atomic mass is 16.5. The standard InChI is InChI=1S/C46H57N3O9/c1-3-4-5-6-7-8-9-10-11-28-58-39-26-18-35(19-27-39)43(53)47-40(29-32-12-20-36(50)21-13-32)44(54)48-41(30-33-14-22-37(51)23-15-33)45(55)49-42(46(56)57-2)31-34-16-24-38(52)25-17-34/h12-27,40-42,50-52H,3-11,28-31H2,1-2H3,(H,47,53)(H,48,54)(H,49,55)/t40-,41-,42-/m0/s1. The fourth-order valence-corrected chi connectivity index (χ4v) is 6.45. The van der Waals surface area contributed by atoms with Crippen LogP contribution in [0.15, 0.2) is 97.1 Å². The van der Waals surface area contributed by atoms with E-state index in [2.05, 4.69) is 22.9 Å². The second-order valence-electron chi connectivity index (χ2n) is 14.5. The van der Waals surface area contributed by atoms with E-state index < -0.39 is 41.8 Å². The minimum Gasteiger partial charge on any atom is -0.508 e. The van der Waals surface area contributed by atoms with Gasteiger partial charge in [-0.1, -0.05) is 94.7 Å². The number of ether oxygens (including phenoxy) is 2. The van der Waals surface area contributed by atoms with Gasteiger partial charge in [0, 0.05) is 24.8 Å². The molecule has 3 amide bonds. The lowest BCUT2D eigenvalue weighted by Crippen LogP contribution is -2.57. The Morgan fingerprint density at radius 1 is 0.517 bits per heavy atom. The number of phenolic OH excluding ortho intramolecular Hbond substituents is 3. The van der Waals surface area contributed by atoms with Gasteiger partial charge in [0.05, 0.1) is 13.7 Å². The quantitative estimate of drug-likeness (QED) is 0.0333. The van der Waals surface area contributed by atoms with E-state index in [-0.39, 0.29) is 36.5 Å². The van der Waals surface area contributed by atoms with Crippen molar-refractivity contribution in [2.24, 2.45) is 0 Å². The summed E-state index contributed by atoms with van der Waals surface area (Å²) in [7, 11) is 1.20. The zero-order chi connectivity index (χ0) is 41.7. The molecule has 4 aromatic rings. The summed E-state index contributed by atoms with van der Waals surface area (Å²) in [4.78, 5) is 54.5. The summed E-state index contributed by atoms with van der Waals surface area (Å²) in [5.74, 6) is -1.88. The molecule has 0 saturated carbocycles. The molecule has 310 valence electrons. The number of phenols is 3. The van der Waals surface area contributed by atoms with Gasteiger partial charge in [-0.15, -0.1) is 0 Å². The Morgan fingerprint density at radius 3 is 1.36 bits per heavy atom. The second kappa shape index (κ2) is 23.9. The van der Waals surface area contributed by atoms with Crippen LogP contribution in [0, 0.1) is 0 Å². The third-order valence-electron chi connectivity index (χ3n) is 9.82. The van der Waals surface area contributed by atoms with Gasteiger partial charge in [-0.2, -0.15) is 0 Å². The lowest BCUT2D eigenvalue weighted by atomic mass is 10.0. The van der Waals surface area contributed by atoms with Crippen LogP contribution in [0.3, 0.4) is 0 Å². The molecule has 0 unspecified atom stereocenters. The molecule has 0 heterocycles. The number of rotatable bonds is 24. The highest BCUT2D eigenvalue weighted by Crippen LogP contribution is 2.18. The van der Waals surface area contributed by atoms with Gasteiger partial charge in [0.1, 0.15) is 41.1 Å². The molecule has 0 spiro atoms. The van der Waals surface area contributed by atoms with Crippen molar-refractivity contribution < 1.29 is 44.0 Å². The molecule has 3 atom stereocenters. The summed E-state index contributed by atoms with van der Waals surface area (Å²) in [6.45, 7) is 2.80. The molecule has 0 aromatic heterocycles. The normalized spacial score (nSPS) is 12.4. The molecular formula is C46H57N3O9. The first-order chi connectivity index (χ1) is 28.0. The van der Waals surface area contributed by atoms with Crippen LogP contribution in [0.4, 0.5) is 0 Å². The molecule has 0 aliphatic heterocycles. The van der Waals surface area contributed by atoms with E-state index in [1.165, 1.54) is 88.5 Å². The molecule has 0 radical (unpaired) electrons. The molecule has 12 heteroatoms. The van der Waals surface area contributed by atoms with Crippen LogP contribution in [0.25, 0.3) is 0 Å². The summed E-state index contributed by atoms with van der Waals surface area (Å²) in [6.07, 6.45) is 11.0. The van der Waals surface area contributed by atoms with Gasteiger partial charge in [0.15, 0.2) is 0 Å². The predicted molar refractivity (Wildman–Crippen MR) is 222 cm³/mol. The minimum atomic E-state index is -1.23. The van der Waals surface area contributed by atoms with Gasteiger partial charge < -0.3 is 40.7 Å². The second-order valence-corrected chi connectivity index (χ2v) is 14.5. The Labute approximate surface area is 341 Å². The number of aromatic hydroxyl groups is 3. The predicted octanol–water partition coefficient (Wildman–Crippen LogP) is 6.68. The van der Waals surface area contributed by atoms with E-state index in [1.54, 1.807) is 60.7 Å². The number of carbonyl (C=O) groups is 4. The van der Waals surface area contributed by atoms with Crippen molar-refractivity contribution in [2.75, 3.05) is 13.7 Å². The minimum absolute atomic E-state index is 0.0171. The monoisotopic (exact) mass is 795 g/mol. The summed E-state index contributed by atoms with van der Waals surface area (Å²) in [6, 6.07) is 21.6. The Bertz CT molecular complexity index is 1860. The Kier molecular flexibility index (Phi) is 18.4. The maximum absolute atomic E-state index is 14.1. The van der Waals surface area contributed by atoms with Gasteiger partial charge in [0.2, 0.25) is 11.8 Å². The van der Waals surface area contributed by atoms with Gasteiger partial charge in [-0.25, -0.2) is 4.79 Å². The first-order valence-electron chi connectivity index (χ1n) is 20.1. The van der Waals surface area contributed by atoms with Crippen molar-refractivity contribution in [3.8, 4) is 23.0 Å². The number of hydrogen-bond acceptors (Lipinski definition) is 9. The van der Waals surface area contributed by atoms with Crippen molar-refractivity contribution in [3.05, 3.63) is 119 Å². The van der Waals surface area contributed by atoms with E-state index in [0.717, 1.165) is 12.8 Å². The maximum Gasteiger partial charge on any atom is 0.328 e. The topological polar surface area (TPSA) is 184 Å². The van der Waals surface area contributed by atoms with Crippen molar-refractivity contribution in [1.82, 2.24) is 16.0 Å². The number of hydrogen-bond donors (Lipinski definition) is 6. The third kappa shape index (κ3) is 15.5. The van der Waals surface area contributed by atoms with Crippen LogP contribution in [-0.2, 0) is 38.4 Å². The molecular weight excluding hydrogens is 739 g/mol. The smallest absolute Gasteiger partial charge is 0.328 e. The Balaban J connectivity index is 1.46. The van der Waals surface area contributed by atoms with E-state index in [9.17, 15) is 34.5 Å². The summed E-state index contributed by atoms with van der Waals surface area (Å²) in [5, 5.41) is 37.7. The molecule has 0 aliphatic carbocycles. The van der Waals surface area contributed by atoms with Gasteiger partial charge in [0.25, 0.3) is 5.91 Å². The van der Waals surface area contributed by atoms with Gasteiger partial charge >= 0.3 is 5.97 Å². The highest BCUT2D eigenvalue weighted by Gasteiger charge is 2.31. The first kappa shape index (κ1) is 44.7. The number of esters is 1. The number of methoxy groups -OCH3 is 1. The average molecular weight is 796 g/mol. The number of nitrogens with one attached hydrogen (secondary N) is 3. The largest absolute Gasteiger partial charge is 0.508 e. The summed E-state index contributed by atoms with van der Waals surface area (Å²) in [5.41, 5.74) is 2.18. The average Bonchev–Trinajstić information content (AvgIpc) is 3.22. The highest BCUT2D eigenvalue weighted by molar-refractivity contribution is 5.99. The number of carbonyl (C=O) groups excluding carboxylic acids is 4. The molecule has 0 aliphatic rings. The Hall–Kier alpha value is -6.04. The lowest BCUT2D eigenvalue weighted by molar-refractivity contribution is -0.145. The van der Waals surface area contributed by atoms with Gasteiger partial charge in [-0.3, -0.25) is 14.4 Å². The van der Waals surface area contributed by atoms with Crippen LogP contribution in [0.1, 0.15) is 91.8 Å². The molecule has 6 N–H and O–H groups in total. The SMILES string of the molecule is CCCCCCCCCCCOc1ccc(C(=O)N[C@@H](Cc2ccc(O)cc2)C(=O)N[C@@H](Cc2ccc(O)cc2)C(=O)N[C@@H](Cc2ccc(O)cc2)C(=O)OC)cc1. The number of amides is 3. The van der Waals surface area contributed by atoms with Crippen LogP contribution >= 0.6 is 0 Å². The van der Waals surface area contributed by atoms with Crippen molar-refractivity contribution in [3.63, 3.8) is 0 Å². The summed E-state index contributed by atoms with van der Waals surface area (Å²) >= 11 is 0. The van der Waals surface area contributed by atoms with E-state index in [1.807, 2.05) is 0 Å². The van der Waals surface area contributed by atoms with Crippen molar-refractivity contribution in [1.29, 1.82) is 0 Å². The zero-order valence-electron chi connectivity index (χ0n) is 33.5. The molecule has 4 aromatic carbocycles. The number of unbranched alkanes of at least 4 members (excludes halogenated alkanes) is 8. The number of benzene rings is 4. The summed E-state index contributed by atoms with van der Waals surface area (Å²) < 4.78 is 10.9. The molecule has 12 nitrogen and oxygen atoms in total. The van der Waals surface area contributed by atoms with Crippen LogP contribution in [0.5, 0.6) is 23.0 Å². The molecule has 4 rings (SSSR count). The maximum atomic E-state index is 14.1. The van der Waals surface area contributed by atoms with Crippen LogP contribution in [0.2, 0.25) is 0 Å². The molecule has 0 fully saturated rings. The van der Waals surface area contributed by atoms with Crippen molar-refractivity contribution in [2.45, 2.75) is 102 Å².